The second-order valence-corrected chi connectivity index (χ2v) is 5.09. The van der Waals surface area contributed by atoms with Crippen molar-refractivity contribution in [3.8, 4) is 0 Å². The van der Waals surface area contributed by atoms with E-state index in [1.54, 1.807) is 6.07 Å². The van der Waals surface area contributed by atoms with Gasteiger partial charge in [0.1, 0.15) is 12.1 Å². The lowest BCUT2D eigenvalue weighted by Gasteiger charge is -2.17. The molecule has 0 spiro atoms. The fraction of sp³-hybridized carbons (Fsp3) is 0.429. The average molecular weight is 297 g/mol. The minimum Gasteiger partial charge on any atom is -0.372 e. The lowest BCUT2D eigenvalue weighted by Crippen LogP contribution is -2.18. The molecule has 1 N–H and O–H groups in total. The zero-order chi connectivity index (χ0) is 15.0. The summed E-state index contributed by atoms with van der Waals surface area (Å²) in [5, 5.41) is 13.9. The monoisotopic (exact) mass is 297 g/mol. The van der Waals surface area contributed by atoms with Crippen LogP contribution >= 0.6 is 0 Å². The first-order valence-electron chi connectivity index (χ1n) is 6.72. The Morgan fingerprint density at radius 1 is 1.29 bits per heavy atom. The maximum absolute atomic E-state index is 13.0. The topological polar surface area (TPSA) is 50.9 Å². The highest BCUT2D eigenvalue weighted by atomic mass is 19.4. The molecule has 0 saturated carbocycles. The van der Waals surface area contributed by atoms with Gasteiger partial charge in [0.05, 0.1) is 5.56 Å². The fourth-order valence-electron chi connectivity index (χ4n) is 2.58. The largest absolute Gasteiger partial charge is 0.416 e. The van der Waals surface area contributed by atoms with Gasteiger partial charge in [0.25, 0.3) is 0 Å². The molecule has 0 bridgehead atoms. The van der Waals surface area contributed by atoms with E-state index in [1.165, 1.54) is 16.8 Å². The predicted molar refractivity (Wildman–Crippen MR) is 68.5 cm³/mol. The second kappa shape index (κ2) is 5.14. The van der Waals surface area contributed by atoms with E-state index < -0.39 is 18.0 Å². The first-order chi connectivity index (χ1) is 9.95. The summed E-state index contributed by atoms with van der Waals surface area (Å²) in [4.78, 5) is 4.24. The molecule has 0 saturated heterocycles. The minimum absolute atomic E-state index is 0.00238. The van der Waals surface area contributed by atoms with Crippen LogP contribution in [0.2, 0.25) is 0 Å². The van der Waals surface area contributed by atoms with Gasteiger partial charge in [-0.2, -0.15) is 18.3 Å². The van der Waals surface area contributed by atoms with Crippen molar-refractivity contribution in [1.82, 2.24) is 14.8 Å². The smallest absolute Gasteiger partial charge is 0.372 e. The van der Waals surface area contributed by atoms with Crippen molar-refractivity contribution in [2.24, 2.45) is 0 Å². The summed E-state index contributed by atoms with van der Waals surface area (Å²) in [6.45, 7) is 0. The number of nitrogens with zero attached hydrogens (tertiary/aromatic N) is 3. The number of alkyl halides is 3. The van der Waals surface area contributed by atoms with Gasteiger partial charge in [-0.05, 0) is 24.5 Å². The first-order valence-corrected chi connectivity index (χ1v) is 6.72. The highest BCUT2D eigenvalue weighted by Gasteiger charge is 2.33. The number of aliphatic hydroxyl groups excluding tert-OH is 1. The van der Waals surface area contributed by atoms with Crippen molar-refractivity contribution >= 4 is 0 Å². The van der Waals surface area contributed by atoms with E-state index in [0.29, 0.717) is 24.5 Å². The summed E-state index contributed by atoms with van der Waals surface area (Å²) < 4.78 is 40.3. The summed E-state index contributed by atoms with van der Waals surface area (Å²) in [6, 6.07) is 5.41. The molecule has 0 fully saturated rings. The van der Waals surface area contributed by atoms with Gasteiger partial charge < -0.3 is 5.11 Å². The zero-order valence-corrected chi connectivity index (χ0v) is 11.1. The van der Waals surface area contributed by atoms with Crippen LogP contribution < -0.4 is 0 Å². The number of aryl methyl sites for hydroxylation is 1. The maximum Gasteiger partial charge on any atom is 0.416 e. The molecule has 0 radical (unpaired) electrons. The van der Waals surface area contributed by atoms with Crippen LogP contribution in [-0.2, 0) is 19.0 Å². The van der Waals surface area contributed by atoms with Crippen LogP contribution in [0.25, 0.3) is 0 Å². The zero-order valence-electron chi connectivity index (χ0n) is 11.1. The van der Waals surface area contributed by atoms with Gasteiger partial charge in [-0.1, -0.05) is 18.2 Å². The normalized spacial score (nSPS) is 18.6. The third-order valence-corrected chi connectivity index (χ3v) is 3.56. The first kappa shape index (κ1) is 14.1. The molecule has 7 heteroatoms. The van der Waals surface area contributed by atoms with E-state index >= 15 is 0 Å². The Hall–Kier alpha value is -1.89. The summed E-state index contributed by atoms with van der Waals surface area (Å²) in [5.41, 5.74) is -0.527. The Bertz CT molecular complexity index is 651. The van der Waals surface area contributed by atoms with Crippen molar-refractivity contribution < 1.29 is 18.3 Å². The molecule has 1 aromatic carbocycles. The Morgan fingerprint density at radius 2 is 2.05 bits per heavy atom. The number of aromatic nitrogens is 3. The Balaban J connectivity index is 1.91. The molecular formula is C14H14F3N3O. The molecular weight excluding hydrogens is 283 g/mol. The highest BCUT2D eigenvalue weighted by molar-refractivity contribution is 5.31. The van der Waals surface area contributed by atoms with Gasteiger partial charge in [0.15, 0.2) is 5.82 Å². The van der Waals surface area contributed by atoms with E-state index in [9.17, 15) is 18.3 Å². The molecule has 1 aliphatic rings. The molecule has 3 rings (SSSR count). The SMILES string of the molecule is OC1CCCc2nc(Cc3ccccc3C(F)(F)F)nn21. The third kappa shape index (κ3) is 2.78. The second-order valence-electron chi connectivity index (χ2n) is 5.09. The number of halogens is 3. The summed E-state index contributed by atoms with van der Waals surface area (Å²) in [6.07, 6.45) is -3.04. The molecule has 1 atom stereocenters. The number of benzene rings is 1. The molecule has 1 aliphatic heterocycles. The average Bonchev–Trinajstić information content (AvgIpc) is 2.82. The van der Waals surface area contributed by atoms with Crippen LogP contribution in [0.5, 0.6) is 0 Å². The van der Waals surface area contributed by atoms with Crippen molar-refractivity contribution in [2.45, 2.75) is 38.1 Å². The standard InChI is InChI=1S/C14H14F3N3O/c15-14(16,17)10-5-2-1-4-9(10)8-11-18-12-6-3-7-13(21)20(12)19-11/h1-2,4-5,13,21H,3,6-8H2. The molecule has 2 aromatic rings. The molecule has 0 amide bonds. The summed E-state index contributed by atoms with van der Waals surface area (Å²) in [5.74, 6) is 0.941. The molecule has 2 heterocycles. The summed E-state index contributed by atoms with van der Waals surface area (Å²) in [7, 11) is 0. The number of hydrogen-bond donors (Lipinski definition) is 1. The predicted octanol–water partition coefficient (Wildman–Crippen LogP) is 2.71. The van der Waals surface area contributed by atoms with E-state index in [4.69, 9.17) is 0 Å². The Kier molecular flexibility index (Phi) is 3.44. The van der Waals surface area contributed by atoms with Crippen molar-refractivity contribution in [2.75, 3.05) is 0 Å². The van der Waals surface area contributed by atoms with E-state index in [2.05, 4.69) is 10.1 Å². The fourth-order valence-corrected chi connectivity index (χ4v) is 2.58. The molecule has 21 heavy (non-hydrogen) atoms. The molecule has 1 unspecified atom stereocenters. The van der Waals surface area contributed by atoms with Gasteiger partial charge in [0.2, 0.25) is 0 Å². The van der Waals surface area contributed by atoms with Gasteiger partial charge in [0, 0.05) is 12.8 Å². The number of hydrogen-bond acceptors (Lipinski definition) is 3. The van der Waals surface area contributed by atoms with Gasteiger partial charge in [-0.25, -0.2) is 9.67 Å². The quantitative estimate of drug-likeness (QED) is 0.927. The van der Waals surface area contributed by atoms with Crippen LogP contribution in [-0.4, -0.2) is 19.9 Å². The van der Waals surface area contributed by atoms with Crippen LogP contribution in [0.3, 0.4) is 0 Å². The number of rotatable bonds is 2. The van der Waals surface area contributed by atoms with Gasteiger partial charge >= 0.3 is 6.18 Å². The van der Waals surface area contributed by atoms with Crippen LogP contribution in [0, 0.1) is 0 Å². The van der Waals surface area contributed by atoms with Crippen LogP contribution in [0.15, 0.2) is 24.3 Å². The molecule has 0 aliphatic carbocycles. The van der Waals surface area contributed by atoms with E-state index in [0.717, 1.165) is 12.5 Å². The van der Waals surface area contributed by atoms with Gasteiger partial charge in [-0.15, -0.1) is 0 Å². The number of aliphatic hydroxyl groups is 1. The third-order valence-electron chi connectivity index (χ3n) is 3.56. The molecule has 4 nitrogen and oxygen atoms in total. The lowest BCUT2D eigenvalue weighted by molar-refractivity contribution is -0.138. The van der Waals surface area contributed by atoms with Crippen molar-refractivity contribution in [3.05, 3.63) is 47.0 Å². The van der Waals surface area contributed by atoms with E-state index in [-0.39, 0.29) is 12.0 Å². The van der Waals surface area contributed by atoms with Crippen LogP contribution in [0.1, 0.15) is 41.8 Å². The van der Waals surface area contributed by atoms with Gasteiger partial charge in [-0.3, -0.25) is 0 Å². The van der Waals surface area contributed by atoms with Crippen LogP contribution in [0.4, 0.5) is 13.2 Å². The Labute approximate surface area is 119 Å². The van der Waals surface area contributed by atoms with Crippen molar-refractivity contribution in [1.29, 1.82) is 0 Å². The minimum atomic E-state index is -4.39. The lowest BCUT2D eigenvalue weighted by atomic mass is 10.0. The highest BCUT2D eigenvalue weighted by Crippen LogP contribution is 2.32. The molecule has 1 aromatic heterocycles. The molecule has 112 valence electrons. The van der Waals surface area contributed by atoms with Crippen molar-refractivity contribution in [3.63, 3.8) is 0 Å². The summed E-state index contributed by atoms with van der Waals surface area (Å²) >= 11 is 0. The van der Waals surface area contributed by atoms with E-state index in [1.807, 2.05) is 0 Å². The number of fused-ring (bicyclic) bond motifs is 1. The Morgan fingerprint density at radius 3 is 2.76 bits per heavy atom. The maximum atomic E-state index is 13.0.